The number of nitrogens with two attached hydrogens (primary N) is 1. The summed E-state index contributed by atoms with van der Waals surface area (Å²) < 4.78 is 38.1. The van der Waals surface area contributed by atoms with Gasteiger partial charge in [0.05, 0.1) is 12.3 Å². The van der Waals surface area contributed by atoms with Crippen LogP contribution < -0.4 is 5.73 Å². The summed E-state index contributed by atoms with van der Waals surface area (Å²) in [6.07, 6.45) is -4.80. The molecule has 2 aromatic rings. The molecule has 2 atom stereocenters. The molecule has 0 spiro atoms. The Morgan fingerprint density at radius 1 is 1.39 bits per heavy atom. The number of nitrogen functional groups attached to an aromatic ring is 1. The molecule has 0 aliphatic carbocycles. The van der Waals surface area contributed by atoms with Crippen LogP contribution in [0.25, 0.3) is 0 Å². The average Bonchev–Trinajstić information content (AvgIpc) is 2.97. The van der Waals surface area contributed by atoms with Gasteiger partial charge in [-0.05, 0) is 18.1 Å². The number of H-pyrrole nitrogens is 1. The quantitative estimate of drug-likeness (QED) is 0.724. The number of rotatable bonds is 6. The summed E-state index contributed by atoms with van der Waals surface area (Å²) in [6.45, 7) is 0. The first-order chi connectivity index (χ1) is 10.8. The van der Waals surface area contributed by atoms with Gasteiger partial charge >= 0.3 is 12.1 Å². The van der Waals surface area contributed by atoms with E-state index in [2.05, 4.69) is 25.6 Å². The molecule has 0 aromatic carbocycles. The minimum atomic E-state index is -4.63. The van der Waals surface area contributed by atoms with Gasteiger partial charge in [0.2, 0.25) is 0 Å². The molecule has 8 nitrogen and oxygen atoms in total. The third-order valence-corrected chi connectivity index (χ3v) is 3.25. The van der Waals surface area contributed by atoms with Crippen molar-refractivity contribution in [1.29, 1.82) is 0 Å². The van der Waals surface area contributed by atoms with Gasteiger partial charge in [0, 0.05) is 12.1 Å². The lowest BCUT2D eigenvalue weighted by Gasteiger charge is -2.22. The van der Waals surface area contributed by atoms with Crippen LogP contribution in [0.4, 0.5) is 19.0 Å². The molecule has 0 fully saturated rings. The molecule has 0 saturated carbocycles. The van der Waals surface area contributed by atoms with E-state index >= 15 is 0 Å². The Labute approximate surface area is 127 Å². The SMILES string of the molecule is Nc1ccc(C[C@H](c2nn[nH]n2)C(CC(F)(F)F)C(=O)O)cn1. The number of alkyl halides is 3. The van der Waals surface area contributed by atoms with Crippen molar-refractivity contribution in [3.05, 3.63) is 29.7 Å². The van der Waals surface area contributed by atoms with Crippen LogP contribution in [-0.2, 0) is 11.2 Å². The summed E-state index contributed by atoms with van der Waals surface area (Å²) in [4.78, 5) is 15.2. The number of aromatic amines is 1. The fourth-order valence-corrected chi connectivity index (χ4v) is 2.20. The number of anilines is 1. The van der Waals surface area contributed by atoms with Crippen molar-refractivity contribution in [2.45, 2.75) is 24.9 Å². The standard InChI is InChI=1S/C12H13F3N6O2/c13-12(14,15)4-8(11(22)23)7(10-18-20-21-19-10)3-6-1-2-9(16)17-5-6/h1-2,5,7-8H,3-4H2,(H2,16,17)(H,22,23)(H,18,19,20,21)/t7-,8?/m0/s1. The second kappa shape index (κ2) is 6.58. The molecular weight excluding hydrogens is 317 g/mol. The number of nitrogens with one attached hydrogen (secondary N) is 1. The summed E-state index contributed by atoms with van der Waals surface area (Å²) in [5.74, 6) is -4.29. The maximum atomic E-state index is 12.7. The van der Waals surface area contributed by atoms with Crippen LogP contribution >= 0.6 is 0 Å². The molecule has 23 heavy (non-hydrogen) atoms. The number of nitrogens with zero attached hydrogens (tertiary/aromatic N) is 4. The van der Waals surface area contributed by atoms with E-state index in [4.69, 9.17) is 5.73 Å². The molecular formula is C12H13F3N6O2. The van der Waals surface area contributed by atoms with E-state index in [1.165, 1.54) is 12.3 Å². The molecule has 4 N–H and O–H groups in total. The van der Waals surface area contributed by atoms with Crippen molar-refractivity contribution < 1.29 is 23.1 Å². The maximum Gasteiger partial charge on any atom is 0.389 e. The predicted octanol–water partition coefficient (Wildman–Crippen LogP) is 1.16. The molecule has 2 aromatic heterocycles. The van der Waals surface area contributed by atoms with Gasteiger partial charge in [-0.25, -0.2) is 4.98 Å². The molecule has 0 radical (unpaired) electrons. The van der Waals surface area contributed by atoms with E-state index in [0.717, 1.165) is 0 Å². The Morgan fingerprint density at radius 2 is 2.13 bits per heavy atom. The zero-order valence-corrected chi connectivity index (χ0v) is 11.7. The lowest BCUT2D eigenvalue weighted by atomic mass is 9.84. The highest BCUT2D eigenvalue weighted by Crippen LogP contribution is 2.35. The Hall–Kier alpha value is -2.72. The van der Waals surface area contributed by atoms with Crippen molar-refractivity contribution in [1.82, 2.24) is 25.6 Å². The lowest BCUT2D eigenvalue weighted by Crippen LogP contribution is -2.30. The third kappa shape index (κ3) is 4.63. The van der Waals surface area contributed by atoms with E-state index < -0.39 is 30.4 Å². The monoisotopic (exact) mass is 330 g/mol. The van der Waals surface area contributed by atoms with Crippen LogP contribution in [0.3, 0.4) is 0 Å². The number of carboxylic acid groups (broad SMARTS) is 1. The van der Waals surface area contributed by atoms with Gasteiger partial charge in [-0.1, -0.05) is 11.3 Å². The number of halogens is 3. The van der Waals surface area contributed by atoms with Gasteiger partial charge in [-0.2, -0.15) is 18.4 Å². The topological polar surface area (TPSA) is 131 Å². The Balaban J connectivity index is 2.32. The van der Waals surface area contributed by atoms with Gasteiger partial charge in [0.15, 0.2) is 5.82 Å². The first kappa shape index (κ1) is 16.6. The molecule has 2 rings (SSSR count). The minimum absolute atomic E-state index is 0.0418. The van der Waals surface area contributed by atoms with Crippen LogP contribution in [0.15, 0.2) is 18.3 Å². The van der Waals surface area contributed by atoms with E-state index in [0.29, 0.717) is 5.56 Å². The van der Waals surface area contributed by atoms with Crippen molar-refractivity contribution in [2.24, 2.45) is 5.92 Å². The number of hydrogen-bond acceptors (Lipinski definition) is 6. The Kier molecular flexibility index (Phi) is 4.77. The van der Waals surface area contributed by atoms with Gasteiger partial charge in [0.1, 0.15) is 5.82 Å². The molecule has 0 aliphatic rings. The fourth-order valence-electron chi connectivity index (χ4n) is 2.20. The Bertz CT molecular complexity index is 644. The van der Waals surface area contributed by atoms with Gasteiger partial charge in [-0.15, -0.1) is 10.2 Å². The highest BCUT2D eigenvalue weighted by molar-refractivity contribution is 5.71. The molecule has 124 valence electrons. The van der Waals surface area contributed by atoms with Crippen LogP contribution in [-0.4, -0.2) is 42.9 Å². The van der Waals surface area contributed by atoms with Crippen molar-refractivity contribution in [3.8, 4) is 0 Å². The molecule has 11 heteroatoms. The first-order valence-electron chi connectivity index (χ1n) is 6.49. The highest BCUT2D eigenvalue weighted by atomic mass is 19.4. The van der Waals surface area contributed by atoms with Gasteiger partial charge < -0.3 is 10.8 Å². The van der Waals surface area contributed by atoms with E-state index in [1.807, 2.05) is 0 Å². The van der Waals surface area contributed by atoms with E-state index in [9.17, 15) is 23.1 Å². The lowest BCUT2D eigenvalue weighted by molar-refractivity contribution is -0.165. The number of tetrazole rings is 1. The molecule has 0 bridgehead atoms. The van der Waals surface area contributed by atoms with E-state index in [-0.39, 0.29) is 18.1 Å². The molecule has 0 saturated heterocycles. The number of hydrogen-bond donors (Lipinski definition) is 3. The van der Waals surface area contributed by atoms with Gasteiger partial charge in [-0.3, -0.25) is 4.79 Å². The van der Waals surface area contributed by atoms with Crippen molar-refractivity contribution in [3.63, 3.8) is 0 Å². The first-order valence-corrected chi connectivity index (χ1v) is 6.49. The molecule has 0 aliphatic heterocycles. The number of carboxylic acids is 1. The number of aromatic nitrogens is 5. The third-order valence-electron chi connectivity index (χ3n) is 3.25. The summed E-state index contributed by atoms with van der Waals surface area (Å²) >= 11 is 0. The second-order valence-corrected chi connectivity index (χ2v) is 4.94. The summed E-state index contributed by atoms with van der Waals surface area (Å²) in [5, 5.41) is 21.9. The normalized spacial score (nSPS) is 14.4. The highest BCUT2D eigenvalue weighted by Gasteiger charge is 2.41. The Morgan fingerprint density at radius 3 is 2.61 bits per heavy atom. The smallest absolute Gasteiger partial charge is 0.389 e. The maximum absolute atomic E-state index is 12.7. The zero-order valence-electron chi connectivity index (χ0n) is 11.7. The van der Waals surface area contributed by atoms with Crippen molar-refractivity contribution in [2.75, 3.05) is 5.73 Å². The number of aliphatic carboxylic acids is 1. The number of carbonyl (C=O) groups is 1. The van der Waals surface area contributed by atoms with Crippen LogP contribution in [0.5, 0.6) is 0 Å². The second-order valence-electron chi connectivity index (χ2n) is 4.94. The summed E-state index contributed by atoms with van der Waals surface area (Å²) in [6, 6.07) is 3.03. The summed E-state index contributed by atoms with van der Waals surface area (Å²) in [5.41, 5.74) is 5.97. The largest absolute Gasteiger partial charge is 0.481 e. The summed E-state index contributed by atoms with van der Waals surface area (Å²) in [7, 11) is 0. The van der Waals surface area contributed by atoms with Crippen LogP contribution in [0, 0.1) is 5.92 Å². The minimum Gasteiger partial charge on any atom is -0.481 e. The van der Waals surface area contributed by atoms with E-state index in [1.54, 1.807) is 6.07 Å². The molecule has 1 unspecified atom stereocenters. The fraction of sp³-hybridized carbons (Fsp3) is 0.417. The number of pyridine rings is 1. The van der Waals surface area contributed by atoms with Gasteiger partial charge in [0.25, 0.3) is 0 Å². The molecule has 0 amide bonds. The van der Waals surface area contributed by atoms with Crippen LogP contribution in [0.1, 0.15) is 23.7 Å². The predicted molar refractivity (Wildman–Crippen MR) is 71.1 cm³/mol. The zero-order chi connectivity index (χ0) is 17.0. The average molecular weight is 330 g/mol. The van der Waals surface area contributed by atoms with Crippen molar-refractivity contribution >= 4 is 11.8 Å². The molecule has 2 heterocycles. The van der Waals surface area contributed by atoms with Crippen LogP contribution in [0.2, 0.25) is 0 Å².